The van der Waals surface area contributed by atoms with Crippen LogP contribution in [0.2, 0.25) is 0 Å². The molecule has 0 atom stereocenters. The van der Waals surface area contributed by atoms with Gasteiger partial charge in [-0.25, -0.2) is 9.97 Å². The van der Waals surface area contributed by atoms with E-state index in [0.717, 1.165) is 62.1 Å². The number of methoxy groups -OCH3 is 1. The maximum atomic E-state index is 5.65. The van der Waals surface area contributed by atoms with Gasteiger partial charge in [0, 0.05) is 30.8 Å². The van der Waals surface area contributed by atoms with Crippen LogP contribution in [0.15, 0.2) is 36.5 Å². The highest BCUT2D eigenvalue weighted by molar-refractivity contribution is 5.58. The lowest BCUT2D eigenvalue weighted by molar-refractivity contribution is -0.0889. The Morgan fingerprint density at radius 2 is 1.76 bits per heavy atom. The van der Waals surface area contributed by atoms with Crippen molar-refractivity contribution in [2.45, 2.75) is 19.1 Å². The fourth-order valence-electron chi connectivity index (χ4n) is 3.45. The molecule has 0 spiro atoms. The molecule has 4 rings (SSSR count). The van der Waals surface area contributed by atoms with E-state index in [1.54, 1.807) is 7.11 Å². The Kier molecular flexibility index (Phi) is 4.81. The van der Waals surface area contributed by atoms with Crippen LogP contribution in [0.4, 0.5) is 5.82 Å². The minimum absolute atomic E-state index is 0.0117. The molecule has 25 heavy (non-hydrogen) atoms. The van der Waals surface area contributed by atoms with Gasteiger partial charge in [0.15, 0.2) is 12.1 Å². The Bertz CT molecular complexity index is 693. The number of rotatable bonds is 4. The van der Waals surface area contributed by atoms with Crippen LogP contribution < -0.4 is 9.64 Å². The topological polar surface area (TPSA) is 56.7 Å². The van der Waals surface area contributed by atoms with E-state index in [1.807, 2.05) is 36.5 Å². The van der Waals surface area contributed by atoms with E-state index >= 15 is 0 Å². The third kappa shape index (κ3) is 3.60. The number of ether oxygens (including phenoxy) is 3. The van der Waals surface area contributed by atoms with E-state index in [0.29, 0.717) is 5.92 Å². The highest BCUT2D eigenvalue weighted by atomic mass is 16.7. The van der Waals surface area contributed by atoms with Crippen molar-refractivity contribution >= 4 is 5.82 Å². The van der Waals surface area contributed by atoms with Gasteiger partial charge in [0.05, 0.1) is 20.3 Å². The third-order valence-corrected chi connectivity index (χ3v) is 4.89. The summed E-state index contributed by atoms with van der Waals surface area (Å²) in [5.41, 5.74) is 0.991. The van der Waals surface area contributed by atoms with E-state index in [1.165, 1.54) is 0 Å². The van der Waals surface area contributed by atoms with Crippen LogP contribution in [0.1, 0.15) is 12.8 Å². The standard InChI is InChI=1S/C19H23N3O3/c1-23-16-4-2-14(3-5-16)18-20-9-6-17(21-18)22-10-7-15(8-11-22)19-24-12-13-25-19/h2-6,9,15,19H,7-8,10-13H2,1H3. The van der Waals surface area contributed by atoms with Gasteiger partial charge in [-0.3, -0.25) is 0 Å². The molecule has 0 saturated carbocycles. The van der Waals surface area contributed by atoms with Crippen LogP contribution in [-0.4, -0.2) is 49.7 Å². The summed E-state index contributed by atoms with van der Waals surface area (Å²) >= 11 is 0. The molecule has 2 aliphatic rings. The lowest BCUT2D eigenvalue weighted by atomic mass is 9.96. The van der Waals surface area contributed by atoms with Crippen LogP contribution in [0.5, 0.6) is 5.75 Å². The first kappa shape index (κ1) is 16.3. The number of anilines is 1. The van der Waals surface area contributed by atoms with Gasteiger partial charge in [-0.15, -0.1) is 0 Å². The van der Waals surface area contributed by atoms with Crippen LogP contribution in [0.25, 0.3) is 11.4 Å². The summed E-state index contributed by atoms with van der Waals surface area (Å²) in [7, 11) is 1.66. The minimum atomic E-state index is -0.0117. The maximum Gasteiger partial charge on any atom is 0.161 e. The Morgan fingerprint density at radius 1 is 1.04 bits per heavy atom. The van der Waals surface area contributed by atoms with Crippen LogP contribution in [0.3, 0.4) is 0 Å². The first-order valence-corrected chi connectivity index (χ1v) is 8.79. The molecule has 1 aromatic heterocycles. The summed E-state index contributed by atoms with van der Waals surface area (Å²) in [6.45, 7) is 3.38. The molecule has 2 saturated heterocycles. The average Bonchev–Trinajstić information content (AvgIpc) is 3.23. The Morgan fingerprint density at radius 3 is 2.44 bits per heavy atom. The largest absolute Gasteiger partial charge is 0.497 e. The number of hydrogen-bond acceptors (Lipinski definition) is 6. The second-order valence-electron chi connectivity index (χ2n) is 6.40. The second-order valence-corrected chi connectivity index (χ2v) is 6.40. The fourth-order valence-corrected chi connectivity index (χ4v) is 3.45. The predicted octanol–water partition coefficient (Wildman–Crippen LogP) is 2.74. The molecule has 0 bridgehead atoms. The Labute approximate surface area is 147 Å². The van der Waals surface area contributed by atoms with E-state index in [4.69, 9.17) is 19.2 Å². The average molecular weight is 341 g/mol. The van der Waals surface area contributed by atoms with Crippen molar-refractivity contribution in [3.8, 4) is 17.1 Å². The number of piperidine rings is 1. The van der Waals surface area contributed by atoms with Crippen molar-refractivity contribution in [1.82, 2.24) is 9.97 Å². The van der Waals surface area contributed by atoms with E-state index < -0.39 is 0 Å². The van der Waals surface area contributed by atoms with Gasteiger partial charge in [0.1, 0.15) is 11.6 Å². The van der Waals surface area contributed by atoms with Crippen molar-refractivity contribution in [2.24, 2.45) is 5.92 Å². The second kappa shape index (κ2) is 7.37. The van der Waals surface area contributed by atoms with Crippen LogP contribution in [0, 0.1) is 5.92 Å². The molecule has 6 heteroatoms. The van der Waals surface area contributed by atoms with E-state index in [9.17, 15) is 0 Å². The van der Waals surface area contributed by atoms with Crippen molar-refractivity contribution in [1.29, 1.82) is 0 Å². The summed E-state index contributed by atoms with van der Waals surface area (Å²) in [5.74, 6) is 3.04. The third-order valence-electron chi connectivity index (χ3n) is 4.89. The normalized spacial score (nSPS) is 19.3. The molecule has 132 valence electrons. The first-order chi connectivity index (χ1) is 12.3. The van der Waals surface area contributed by atoms with Gasteiger partial charge < -0.3 is 19.1 Å². The molecule has 2 aliphatic heterocycles. The van der Waals surface area contributed by atoms with Crippen molar-refractivity contribution in [2.75, 3.05) is 38.3 Å². The number of benzene rings is 1. The van der Waals surface area contributed by atoms with Gasteiger partial charge in [0.2, 0.25) is 0 Å². The molecular weight excluding hydrogens is 318 g/mol. The molecule has 2 fully saturated rings. The Hall–Kier alpha value is -2.18. The van der Waals surface area contributed by atoms with Gasteiger partial charge in [-0.1, -0.05) is 0 Å². The zero-order chi connectivity index (χ0) is 17.1. The monoisotopic (exact) mass is 341 g/mol. The number of hydrogen-bond donors (Lipinski definition) is 0. The van der Waals surface area contributed by atoms with Crippen molar-refractivity contribution < 1.29 is 14.2 Å². The molecule has 0 aliphatic carbocycles. The van der Waals surface area contributed by atoms with Gasteiger partial charge >= 0.3 is 0 Å². The molecule has 6 nitrogen and oxygen atoms in total. The summed E-state index contributed by atoms with van der Waals surface area (Å²) < 4.78 is 16.5. The molecular formula is C19H23N3O3. The molecule has 0 N–H and O–H groups in total. The van der Waals surface area contributed by atoms with Gasteiger partial charge in [0.25, 0.3) is 0 Å². The summed E-state index contributed by atoms with van der Waals surface area (Å²) in [5, 5.41) is 0. The van der Waals surface area contributed by atoms with E-state index in [-0.39, 0.29) is 6.29 Å². The molecule has 3 heterocycles. The summed E-state index contributed by atoms with van der Waals surface area (Å²) in [6, 6.07) is 9.81. The summed E-state index contributed by atoms with van der Waals surface area (Å²) in [6.07, 6.45) is 3.94. The molecule has 0 unspecified atom stereocenters. The lowest BCUT2D eigenvalue weighted by Gasteiger charge is -2.34. The van der Waals surface area contributed by atoms with Crippen molar-refractivity contribution in [3.05, 3.63) is 36.5 Å². The fraction of sp³-hybridized carbons (Fsp3) is 0.474. The molecule has 2 aromatic rings. The SMILES string of the molecule is COc1ccc(-c2nccc(N3CCC(C4OCCO4)CC3)n2)cc1. The molecule has 0 radical (unpaired) electrons. The Balaban J connectivity index is 1.44. The quantitative estimate of drug-likeness (QED) is 0.852. The molecule has 1 aromatic carbocycles. The van der Waals surface area contributed by atoms with Gasteiger partial charge in [-0.2, -0.15) is 0 Å². The zero-order valence-corrected chi connectivity index (χ0v) is 14.4. The smallest absolute Gasteiger partial charge is 0.161 e. The van der Waals surface area contributed by atoms with Crippen molar-refractivity contribution in [3.63, 3.8) is 0 Å². The predicted molar refractivity (Wildman–Crippen MR) is 94.6 cm³/mol. The highest BCUT2D eigenvalue weighted by Gasteiger charge is 2.30. The first-order valence-electron chi connectivity index (χ1n) is 8.79. The lowest BCUT2D eigenvalue weighted by Crippen LogP contribution is -2.38. The number of aromatic nitrogens is 2. The number of nitrogens with zero attached hydrogens (tertiary/aromatic N) is 3. The van der Waals surface area contributed by atoms with E-state index in [2.05, 4.69) is 9.88 Å². The highest BCUT2D eigenvalue weighted by Crippen LogP contribution is 2.28. The van der Waals surface area contributed by atoms with Gasteiger partial charge in [-0.05, 0) is 43.2 Å². The zero-order valence-electron chi connectivity index (χ0n) is 14.4. The van der Waals surface area contributed by atoms with Crippen LogP contribution in [-0.2, 0) is 9.47 Å². The molecule has 0 amide bonds. The maximum absolute atomic E-state index is 5.65. The summed E-state index contributed by atoms with van der Waals surface area (Å²) in [4.78, 5) is 11.5. The minimum Gasteiger partial charge on any atom is -0.497 e. The van der Waals surface area contributed by atoms with Crippen LogP contribution >= 0.6 is 0 Å².